The Morgan fingerprint density at radius 1 is 0.862 bits per heavy atom. The normalized spacial score (nSPS) is 10.8. The molecule has 0 saturated carbocycles. The van der Waals surface area contributed by atoms with Gasteiger partial charge in [-0.1, -0.05) is 53.6 Å². The van der Waals surface area contributed by atoms with Crippen molar-refractivity contribution in [1.29, 1.82) is 0 Å². The van der Waals surface area contributed by atoms with Gasteiger partial charge in [0.2, 0.25) is 0 Å². The molecule has 0 radical (unpaired) electrons. The van der Waals surface area contributed by atoms with Gasteiger partial charge in [-0.25, -0.2) is 4.39 Å². The van der Waals surface area contributed by atoms with Gasteiger partial charge < -0.3 is 14.8 Å². The molecule has 29 heavy (non-hydrogen) atoms. The highest BCUT2D eigenvalue weighted by Crippen LogP contribution is 2.30. The van der Waals surface area contributed by atoms with Gasteiger partial charge in [-0.15, -0.1) is 0 Å². The summed E-state index contributed by atoms with van der Waals surface area (Å²) in [6, 6.07) is 18.7. The van der Waals surface area contributed by atoms with E-state index in [1.165, 1.54) is 23.3 Å². The van der Waals surface area contributed by atoms with E-state index in [0.29, 0.717) is 23.1 Å². The van der Waals surface area contributed by atoms with E-state index in [-0.39, 0.29) is 12.4 Å². The van der Waals surface area contributed by atoms with E-state index in [2.05, 4.69) is 36.5 Å². The molecule has 0 amide bonds. The molecule has 0 spiro atoms. The van der Waals surface area contributed by atoms with E-state index in [1.54, 1.807) is 6.07 Å². The van der Waals surface area contributed by atoms with Gasteiger partial charge in [-0.3, -0.25) is 0 Å². The maximum absolute atomic E-state index is 13.2. The van der Waals surface area contributed by atoms with Gasteiger partial charge in [0.15, 0.2) is 11.5 Å². The summed E-state index contributed by atoms with van der Waals surface area (Å²) in [5, 5.41) is 3.79. The Kier molecular flexibility index (Phi) is 7.50. The zero-order valence-electron chi connectivity index (χ0n) is 16.7. The van der Waals surface area contributed by atoms with Crippen molar-refractivity contribution in [3.8, 4) is 11.5 Å². The molecule has 5 heteroatoms. The number of nitrogens with one attached hydrogen (secondary N) is 1. The molecule has 0 unspecified atom stereocenters. The average molecular weight is 414 g/mol. The summed E-state index contributed by atoms with van der Waals surface area (Å²) in [5.41, 5.74) is 4.33. The molecule has 0 bridgehead atoms. The molecule has 3 nitrogen and oxygen atoms in total. The van der Waals surface area contributed by atoms with E-state index in [9.17, 15) is 4.39 Å². The molecular weight excluding hydrogens is 389 g/mol. The smallest absolute Gasteiger partial charge is 0.161 e. The zero-order chi connectivity index (χ0) is 20.6. The highest BCUT2D eigenvalue weighted by atomic mass is 35.5. The second-order valence-electron chi connectivity index (χ2n) is 6.83. The fraction of sp³-hybridized carbons (Fsp3) is 0.250. The van der Waals surface area contributed by atoms with Crippen LogP contribution in [0.15, 0.2) is 60.7 Å². The van der Waals surface area contributed by atoms with Crippen LogP contribution in [0.5, 0.6) is 11.5 Å². The van der Waals surface area contributed by atoms with Gasteiger partial charge >= 0.3 is 0 Å². The first-order chi connectivity index (χ1) is 14.0. The molecule has 0 aliphatic rings. The van der Waals surface area contributed by atoms with Gasteiger partial charge in [-0.2, -0.15) is 0 Å². The third-order valence-corrected chi connectivity index (χ3v) is 4.84. The van der Waals surface area contributed by atoms with E-state index in [1.807, 2.05) is 25.1 Å². The van der Waals surface area contributed by atoms with Gasteiger partial charge in [0.25, 0.3) is 0 Å². The molecule has 0 aliphatic carbocycles. The number of rotatable bonds is 9. The van der Waals surface area contributed by atoms with Gasteiger partial charge in [0, 0.05) is 18.7 Å². The second kappa shape index (κ2) is 10.3. The first-order valence-electron chi connectivity index (χ1n) is 9.64. The Morgan fingerprint density at radius 3 is 2.31 bits per heavy atom. The summed E-state index contributed by atoms with van der Waals surface area (Å²) in [5.74, 6) is 0.950. The molecular formula is C24H25ClFNO2. The lowest BCUT2D eigenvalue weighted by atomic mass is 10.1. The summed E-state index contributed by atoms with van der Waals surface area (Å²) in [7, 11) is 0. The van der Waals surface area contributed by atoms with Crippen molar-refractivity contribution in [3.05, 3.63) is 93.8 Å². The van der Waals surface area contributed by atoms with Crippen molar-refractivity contribution in [3.63, 3.8) is 0 Å². The molecule has 0 aliphatic heterocycles. The molecule has 0 aromatic heterocycles. The number of benzene rings is 3. The molecule has 1 N–H and O–H groups in total. The number of hydrogen-bond donors (Lipinski definition) is 1. The Morgan fingerprint density at radius 2 is 1.59 bits per heavy atom. The average Bonchev–Trinajstić information content (AvgIpc) is 2.70. The Bertz CT molecular complexity index is 944. The Hall–Kier alpha value is -2.56. The minimum absolute atomic E-state index is 0.240. The first kappa shape index (κ1) is 21.2. The number of ether oxygens (including phenoxy) is 2. The van der Waals surface area contributed by atoms with Crippen LogP contribution in [-0.4, -0.2) is 6.61 Å². The van der Waals surface area contributed by atoms with Gasteiger partial charge in [-0.05, 0) is 49.2 Å². The Balaban J connectivity index is 1.62. The van der Waals surface area contributed by atoms with E-state index >= 15 is 0 Å². The van der Waals surface area contributed by atoms with Crippen LogP contribution in [0.3, 0.4) is 0 Å². The minimum atomic E-state index is -0.365. The summed E-state index contributed by atoms with van der Waals surface area (Å²) in [6.07, 6.45) is 0. The number of halogens is 2. The predicted molar refractivity (Wildman–Crippen MR) is 115 cm³/mol. The van der Waals surface area contributed by atoms with Crippen molar-refractivity contribution >= 4 is 11.6 Å². The third-order valence-electron chi connectivity index (χ3n) is 4.49. The van der Waals surface area contributed by atoms with Gasteiger partial charge in [0.1, 0.15) is 12.4 Å². The SMILES string of the molecule is CCOc1cc(CNCc2ccc(C)cc2)ccc1OCc1ccc(F)cc1Cl. The minimum Gasteiger partial charge on any atom is -0.490 e. The maximum atomic E-state index is 13.2. The number of aryl methyl sites for hydroxylation is 1. The van der Waals surface area contributed by atoms with Crippen LogP contribution < -0.4 is 14.8 Å². The van der Waals surface area contributed by atoms with Crippen molar-refractivity contribution in [1.82, 2.24) is 5.32 Å². The largest absolute Gasteiger partial charge is 0.490 e. The van der Waals surface area contributed by atoms with Crippen molar-refractivity contribution < 1.29 is 13.9 Å². The van der Waals surface area contributed by atoms with Crippen LogP contribution in [0.2, 0.25) is 5.02 Å². The van der Waals surface area contributed by atoms with E-state index in [4.69, 9.17) is 21.1 Å². The topological polar surface area (TPSA) is 30.5 Å². The van der Waals surface area contributed by atoms with Crippen LogP contribution in [0.1, 0.15) is 29.2 Å². The zero-order valence-corrected chi connectivity index (χ0v) is 17.4. The van der Waals surface area contributed by atoms with Crippen molar-refractivity contribution in [2.24, 2.45) is 0 Å². The lowest BCUT2D eigenvalue weighted by Gasteiger charge is -2.14. The molecule has 3 rings (SSSR count). The molecule has 3 aromatic rings. The molecule has 3 aromatic carbocycles. The standard InChI is InChI=1S/C24H25ClFNO2/c1-3-28-24-12-19(15-27-14-18-6-4-17(2)5-7-18)8-11-23(24)29-16-20-9-10-21(26)13-22(20)25/h4-13,27H,3,14-16H2,1-2H3. The van der Waals surface area contributed by atoms with Crippen molar-refractivity contribution in [2.75, 3.05) is 6.61 Å². The second-order valence-corrected chi connectivity index (χ2v) is 7.23. The summed E-state index contributed by atoms with van der Waals surface area (Å²) < 4.78 is 24.8. The maximum Gasteiger partial charge on any atom is 0.161 e. The van der Waals surface area contributed by atoms with Crippen LogP contribution in [-0.2, 0) is 19.7 Å². The highest BCUT2D eigenvalue weighted by molar-refractivity contribution is 6.31. The van der Waals surface area contributed by atoms with Crippen LogP contribution in [0.4, 0.5) is 4.39 Å². The summed E-state index contributed by atoms with van der Waals surface area (Å²) in [6.45, 7) is 6.31. The molecule has 0 saturated heterocycles. The monoisotopic (exact) mass is 413 g/mol. The van der Waals surface area contributed by atoms with Crippen molar-refractivity contribution in [2.45, 2.75) is 33.5 Å². The molecule has 0 heterocycles. The third kappa shape index (κ3) is 6.21. The van der Waals surface area contributed by atoms with Crippen LogP contribution >= 0.6 is 11.6 Å². The quantitative estimate of drug-likeness (QED) is 0.462. The van der Waals surface area contributed by atoms with E-state index in [0.717, 1.165) is 24.2 Å². The summed E-state index contributed by atoms with van der Waals surface area (Å²) in [4.78, 5) is 0. The fourth-order valence-electron chi connectivity index (χ4n) is 2.90. The fourth-order valence-corrected chi connectivity index (χ4v) is 3.12. The Labute approximate surface area is 176 Å². The highest BCUT2D eigenvalue weighted by Gasteiger charge is 2.09. The molecule has 152 valence electrons. The lowest BCUT2D eigenvalue weighted by Crippen LogP contribution is -2.13. The lowest BCUT2D eigenvalue weighted by molar-refractivity contribution is 0.269. The van der Waals surface area contributed by atoms with Gasteiger partial charge in [0.05, 0.1) is 11.6 Å². The molecule has 0 fully saturated rings. The first-order valence-corrected chi connectivity index (χ1v) is 10.0. The molecule has 0 atom stereocenters. The predicted octanol–water partition coefficient (Wildman–Crippen LogP) is 6.06. The van der Waals surface area contributed by atoms with E-state index < -0.39 is 0 Å². The van der Waals surface area contributed by atoms with Crippen LogP contribution in [0, 0.1) is 12.7 Å². The van der Waals surface area contributed by atoms with Crippen LogP contribution in [0.25, 0.3) is 0 Å². The number of hydrogen-bond acceptors (Lipinski definition) is 3. The summed E-state index contributed by atoms with van der Waals surface area (Å²) >= 11 is 6.08.